The summed E-state index contributed by atoms with van der Waals surface area (Å²) < 4.78 is 1.98. The predicted molar refractivity (Wildman–Crippen MR) is 52.0 cm³/mol. The zero-order chi connectivity index (χ0) is 7.56. The highest BCUT2D eigenvalue weighted by Crippen LogP contribution is 2.14. The molecule has 0 saturated heterocycles. The molecule has 0 saturated carbocycles. The van der Waals surface area contributed by atoms with Gasteiger partial charge in [-0.25, -0.2) is 0 Å². The van der Waals surface area contributed by atoms with Crippen LogP contribution in [0.4, 0.5) is 0 Å². The van der Waals surface area contributed by atoms with E-state index in [9.17, 15) is 0 Å². The largest absolute Gasteiger partial charge is 0.271 e. The number of hydrogen-bond donors (Lipinski definition) is 0. The van der Waals surface area contributed by atoms with E-state index in [0.29, 0.717) is 0 Å². The Hall–Kier alpha value is 0.110. The van der Waals surface area contributed by atoms with Crippen molar-refractivity contribution in [3.8, 4) is 0 Å². The smallest absolute Gasteiger partial charge is 0.101 e. The van der Waals surface area contributed by atoms with Crippen molar-refractivity contribution in [1.82, 2.24) is 0 Å². The number of hydrogen-bond acceptors (Lipinski definition) is 1. The van der Waals surface area contributed by atoms with Crippen LogP contribution in [0.2, 0.25) is 0 Å². The Morgan fingerprint density at radius 1 is 1.40 bits per heavy atom. The summed E-state index contributed by atoms with van der Waals surface area (Å²) in [6, 6.07) is 0.249. The molecule has 1 aliphatic heterocycles. The molecule has 0 N–H and O–H groups in total. The van der Waals surface area contributed by atoms with Gasteiger partial charge in [-0.3, -0.25) is 4.99 Å². The van der Waals surface area contributed by atoms with E-state index in [1.54, 1.807) is 0 Å². The summed E-state index contributed by atoms with van der Waals surface area (Å²) in [5.74, 6) is 0. The highest BCUT2D eigenvalue weighted by Gasteiger charge is 1.99. The molecular formula is C7H7Br2N. The lowest BCUT2D eigenvalue weighted by Gasteiger charge is -1.95. The van der Waals surface area contributed by atoms with Gasteiger partial charge in [-0.15, -0.1) is 0 Å². The predicted octanol–water partition coefficient (Wildman–Crippen LogP) is 3.02. The van der Waals surface area contributed by atoms with Gasteiger partial charge in [0.1, 0.15) is 4.62 Å². The summed E-state index contributed by atoms with van der Waals surface area (Å²) in [6.45, 7) is 2.04. The van der Waals surface area contributed by atoms with Gasteiger partial charge < -0.3 is 0 Å². The molecule has 54 valence electrons. The van der Waals surface area contributed by atoms with Gasteiger partial charge in [0, 0.05) is 4.48 Å². The molecule has 0 amide bonds. The summed E-state index contributed by atoms with van der Waals surface area (Å²) in [5.41, 5.74) is 0. The maximum absolute atomic E-state index is 4.27. The molecule has 1 heterocycles. The second-order valence-corrected chi connectivity index (χ2v) is 3.81. The molecule has 1 atom stereocenters. The molecule has 0 aromatic heterocycles. The van der Waals surface area contributed by atoms with Crippen molar-refractivity contribution in [2.45, 2.75) is 13.0 Å². The van der Waals surface area contributed by atoms with E-state index >= 15 is 0 Å². The quantitative estimate of drug-likeness (QED) is 0.638. The van der Waals surface area contributed by atoms with Crippen molar-refractivity contribution in [1.29, 1.82) is 0 Å². The standard InChI is InChI=1S/C7H7Br2N/c1-5-4-6(8)2-3-7(9)10-5/h2-5H,1H3. The third-order valence-corrected chi connectivity index (χ3v) is 2.11. The first-order chi connectivity index (χ1) is 4.68. The van der Waals surface area contributed by atoms with E-state index in [2.05, 4.69) is 36.9 Å². The fourth-order valence-corrected chi connectivity index (χ4v) is 1.68. The second kappa shape index (κ2) is 3.49. The highest BCUT2D eigenvalue weighted by atomic mass is 79.9. The third-order valence-electron chi connectivity index (χ3n) is 1.11. The first-order valence-corrected chi connectivity index (χ1v) is 4.56. The van der Waals surface area contributed by atoms with Crippen LogP contribution in [0.5, 0.6) is 0 Å². The van der Waals surface area contributed by atoms with Crippen molar-refractivity contribution >= 4 is 36.5 Å². The molecule has 1 nitrogen and oxygen atoms in total. The van der Waals surface area contributed by atoms with Crippen LogP contribution in [-0.2, 0) is 0 Å². The average molecular weight is 265 g/mol. The molecule has 0 fully saturated rings. The SMILES string of the molecule is CC1C=C(Br)C=CC(Br)=N1. The van der Waals surface area contributed by atoms with Gasteiger partial charge in [0.05, 0.1) is 6.04 Å². The van der Waals surface area contributed by atoms with Crippen molar-refractivity contribution in [3.05, 3.63) is 22.7 Å². The minimum atomic E-state index is 0.249. The normalized spacial score (nSPS) is 25.3. The zero-order valence-electron chi connectivity index (χ0n) is 5.51. The molecule has 3 heteroatoms. The van der Waals surface area contributed by atoms with E-state index in [1.807, 2.05) is 25.2 Å². The van der Waals surface area contributed by atoms with Crippen molar-refractivity contribution in [2.24, 2.45) is 4.99 Å². The Morgan fingerprint density at radius 2 is 2.10 bits per heavy atom. The summed E-state index contributed by atoms with van der Waals surface area (Å²) in [5, 5.41) is 0. The topological polar surface area (TPSA) is 12.4 Å². The van der Waals surface area contributed by atoms with Crippen molar-refractivity contribution < 1.29 is 0 Å². The number of halogens is 2. The molecule has 0 spiro atoms. The van der Waals surface area contributed by atoms with Gasteiger partial charge in [0.15, 0.2) is 0 Å². The first kappa shape index (κ1) is 8.21. The van der Waals surface area contributed by atoms with Crippen LogP contribution >= 0.6 is 31.9 Å². The van der Waals surface area contributed by atoms with E-state index in [0.717, 1.165) is 9.10 Å². The molecule has 10 heavy (non-hydrogen) atoms. The Bertz CT molecular complexity index is 194. The van der Waals surface area contributed by atoms with Gasteiger partial charge in [0.2, 0.25) is 0 Å². The Balaban J connectivity index is 2.87. The van der Waals surface area contributed by atoms with Crippen LogP contribution < -0.4 is 0 Å². The van der Waals surface area contributed by atoms with Gasteiger partial charge >= 0.3 is 0 Å². The number of aliphatic imine (C=N–C) groups is 1. The van der Waals surface area contributed by atoms with Gasteiger partial charge in [-0.1, -0.05) is 15.9 Å². The molecular weight excluding hydrogens is 258 g/mol. The van der Waals surface area contributed by atoms with Gasteiger partial charge in [0.25, 0.3) is 0 Å². The fraction of sp³-hybridized carbons (Fsp3) is 0.286. The van der Waals surface area contributed by atoms with Crippen LogP contribution in [-0.4, -0.2) is 10.7 Å². The van der Waals surface area contributed by atoms with E-state index in [4.69, 9.17) is 0 Å². The Labute approximate surface area is 77.2 Å². The number of rotatable bonds is 0. The summed E-state index contributed by atoms with van der Waals surface area (Å²) in [4.78, 5) is 4.27. The van der Waals surface area contributed by atoms with Crippen molar-refractivity contribution in [2.75, 3.05) is 0 Å². The minimum Gasteiger partial charge on any atom is -0.271 e. The van der Waals surface area contributed by atoms with Crippen LogP contribution in [0.25, 0.3) is 0 Å². The lowest BCUT2D eigenvalue weighted by atomic mass is 10.3. The lowest BCUT2D eigenvalue weighted by molar-refractivity contribution is 0.933. The molecule has 0 aliphatic carbocycles. The maximum Gasteiger partial charge on any atom is 0.101 e. The Kier molecular flexibility index (Phi) is 2.86. The summed E-state index contributed by atoms with van der Waals surface area (Å²) in [7, 11) is 0. The summed E-state index contributed by atoms with van der Waals surface area (Å²) in [6.07, 6.45) is 5.94. The van der Waals surface area contributed by atoms with E-state index in [-0.39, 0.29) is 6.04 Å². The fourth-order valence-electron chi connectivity index (χ4n) is 0.709. The zero-order valence-corrected chi connectivity index (χ0v) is 8.68. The number of allylic oxidation sites excluding steroid dienone is 3. The van der Waals surface area contributed by atoms with E-state index < -0.39 is 0 Å². The highest BCUT2D eigenvalue weighted by molar-refractivity contribution is 9.18. The molecule has 1 unspecified atom stereocenters. The third kappa shape index (κ3) is 2.39. The Morgan fingerprint density at radius 3 is 2.80 bits per heavy atom. The van der Waals surface area contributed by atoms with Crippen molar-refractivity contribution in [3.63, 3.8) is 0 Å². The van der Waals surface area contributed by atoms with Crippen LogP contribution in [0.3, 0.4) is 0 Å². The monoisotopic (exact) mass is 263 g/mol. The molecule has 1 aliphatic rings. The number of nitrogens with zero attached hydrogens (tertiary/aromatic N) is 1. The minimum absolute atomic E-state index is 0.249. The maximum atomic E-state index is 4.27. The molecule has 1 rings (SSSR count). The van der Waals surface area contributed by atoms with Crippen LogP contribution in [0.15, 0.2) is 27.7 Å². The molecule has 0 aromatic rings. The van der Waals surface area contributed by atoms with Crippen LogP contribution in [0.1, 0.15) is 6.92 Å². The van der Waals surface area contributed by atoms with Crippen LogP contribution in [0, 0.1) is 0 Å². The van der Waals surface area contributed by atoms with Gasteiger partial charge in [-0.05, 0) is 41.1 Å². The average Bonchev–Trinajstić information content (AvgIpc) is 1.93. The van der Waals surface area contributed by atoms with E-state index in [1.165, 1.54) is 0 Å². The first-order valence-electron chi connectivity index (χ1n) is 2.97. The molecule has 0 bridgehead atoms. The molecule has 0 radical (unpaired) electrons. The summed E-state index contributed by atoms with van der Waals surface area (Å²) >= 11 is 6.70. The lowest BCUT2D eigenvalue weighted by Crippen LogP contribution is -1.92. The second-order valence-electron chi connectivity index (χ2n) is 2.08. The van der Waals surface area contributed by atoms with Gasteiger partial charge in [-0.2, -0.15) is 0 Å². The molecule has 0 aromatic carbocycles.